The van der Waals surface area contributed by atoms with Crippen LogP contribution in [0.25, 0.3) is 28.0 Å². The average molecular weight is 572 g/mol. The number of nitrogens with one attached hydrogen (secondary N) is 1. The Labute approximate surface area is 239 Å². The first-order chi connectivity index (χ1) is 20.1. The van der Waals surface area contributed by atoms with Gasteiger partial charge in [-0.3, -0.25) is 4.79 Å². The van der Waals surface area contributed by atoms with E-state index in [4.69, 9.17) is 4.74 Å². The highest BCUT2D eigenvalue weighted by Crippen LogP contribution is 2.39. The van der Waals surface area contributed by atoms with Crippen LogP contribution in [0.15, 0.2) is 64.1 Å². The highest BCUT2D eigenvalue weighted by Gasteiger charge is 2.25. The molecule has 216 valence electrons. The first-order valence-electron chi connectivity index (χ1n) is 13.1. The number of phenolic OH excluding ortho intramolecular Hbond substituents is 1. The Balaban J connectivity index is 1.62. The van der Waals surface area contributed by atoms with Crippen molar-refractivity contribution in [3.8, 4) is 28.6 Å². The zero-order valence-corrected chi connectivity index (χ0v) is 23.6. The third-order valence-electron chi connectivity index (χ3n) is 6.75. The molecule has 0 radical (unpaired) electrons. The number of fused-ring (bicyclic) bond motifs is 1. The first-order valence-corrected chi connectivity index (χ1v) is 13.1. The van der Waals surface area contributed by atoms with Gasteiger partial charge in [-0.1, -0.05) is 19.1 Å². The summed E-state index contributed by atoms with van der Waals surface area (Å²) in [6.45, 7) is 6.64. The van der Waals surface area contributed by atoms with E-state index in [1.807, 2.05) is 51.2 Å². The molecule has 0 aliphatic carbocycles. The highest BCUT2D eigenvalue weighted by molar-refractivity contribution is 5.94. The molecule has 0 saturated heterocycles. The van der Waals surface area contributed by atoms with E-state index in [9.17, 15) is 19.5 Å². The molecule has 0 aliphatic heterocycles. The number of phenols is 1. The van der Waals surface area contributed by atoms with Crippen molar-refractivity contribution in [2.24, 2.45) is 17.4 Å². The van der Waals surface area contributed by atoms with E-state index in [1.54, 1.807) is 13.1 Å². The average Bonchev–Trinajstić information content (AvgIpc) is 3.67. The Hall–Kier alpha value is -5.53. The number of carbonyl (C=O) groups excluding carboxylic acids is 2. The van der Waals surface area contributed by atoms with Crippen molar-refractivity contribution >= 4 is 29.1 Å². The van der Waals surface area contributed by atoms with Gasteiger partial charge in [0, 0.05) is 43.8 Å². The fourth-order valence-electron chi connectivity index (χ4n) is 4.59. The molecule has 14 heteroatoms. The molecule has 0 fully saturated rings. The molecule has 0 bridgehead atoms. The molecule has 2 aromatic carbocycles. The van der Waals surface area contributed by atoms with Crippen molar-refractivity contribution in [3.05, 3.63) is 70.7 Å². The number of nitrogens with zero attached hydrogens (tertiary/aromatic N) is 8. The number of amides is 1. The standard InChI is InChI=1S/C28H29N9O5/c1-6-36-10-9-17-11-18(7-8-21(17)36)37-25(30-32-28(37)41)20-12-19(16(2)3)22(39)13-23(20)42-27(40)24-26(34(4)14-29-24)31-33-35(5)15-38/h7-16,39H,6H2,1-5H3,(H,32,41)/b33-31-. The second kappa shape index (κ2) is 11.2. The molecule has 14 nitrogen and oxygen atoms in total. The van der Waals surface area contributed by atoms with Crippen molar-refractivity contribution in [1.82, 2.24) is 33.9 Å². The predicted molar refractivity (Wildman–Crippen MR) is 153 cm³/mol. The number of esters is 1. The smallest absolute Gasteiger partial charge is 0.366 e. The number of aromatic amines is 1. The lowest BCUT2D eigenvalue weighted by atomic mass is 9.98. The quantitative estimate of drug-likeness (QED) is 0.0885. The van der Waals surface area contributed by atoms with Gasteiger partial charge in [-0.15, -0.1) is 5.11 Å². The Morgan fingerprint density at radius 2 is 2.02 bits per heavy atom. The number of aryl methyl sites for hydroxylation is 2. The summed E-state index contributed by atoms with van der Waals surface area (Å²) in [7, 11) is 2.98. The minimum absolute atomic E-state index is 0.0438. The number of aromatic nitrogens is 6. The molecule has 0 unspecified atom stereocenters. The van der Waals surface area contributed by atoms with Gasteiger partial charge < -0.3 is 19.0 Å². The van der Waals surface area contributed by atoms with Crippen LogP contribution >= 0.6 is 0 Å². The van der Waals surface area contributed by atoms with E-state index >= 15 is 0 Å². The highest BCUT2D eigenvalue weighted by atomic mass is 16.5. The molecule has 2 N–H and O–H groups in total. The van der Waals surface area contributed by atoms with Crippen LogP contribution in [0.1, 0.15) is 42.7 Å². The number of hydrogen-bond acceptors (Lipinski definition) is 9. The van der Waals surface area contributed by atoms with Crippen molar-refractivity contribution in [1.29, 1.82) is 0 Å². The van der Waals surface area contributed by atoms with Gasteiger partial charge in [0.05, 0.1) is 17.6 Å². The second-order valence-electron chi connectivity index (χ2n) is 9.88. The van der Waals surface area contributed by atoms with E-state index in [-0.39, 0.29) is 40.3 Å². The monoisotopic (exact) mass is 571 g/mol. The minimum atomic E-state index is -0.900. The molecule has 5 rings (SSSR count). The molecule has 0 aliphatic rings. The number of ether oxygens (including phenoxy) is 1. The molecule has 3 aromatic heterocycles. The third kappa shape index (κ3) is 5.05. The SMILES string of the molecule is CCn1ccc2cc(-n3c(-c4cc(C(C)C)c(O)cc4OC(=O)c4ncn(C)c4/N=N\N(C)C=O)n[nH]c3=O)ccc21. The summed E-state index contributed by atoms with van der Waals surface area (Å²) in [6, 6.07) is 10.5. The normalized spacial score (nSPS) is 11.6. The number of imidazole rings is 1. The van der Waals surface area contributed by atoms with Crippen LogP contribution < -0.4 is 10.4 Å². The van der Waals surface area contributed by atoms with Gasteiger partial charge in [0.1, 0.15) is 11.5 Å². The van der Waals surface area contributed by atoms with Crippen molar-refractivity contribution in [2.75, 3.05) is 7.05 Å². The van der Waals surface area contributed by atoms with Crippen LogP contribution in [-0.4, -0.2) is 58.4 Å². The fourth-order valence-corrected chi connectivity index (χ4v) is 4.59. The lowest BCUT2D eigenvalue weighted by molar-refractivity contribution is -0.117. The van der Waals surface area contributed by atoms with Crippen molar-refractivity contribution < 1.29 is 19.4 Å². The Bertz CT molecular complexity index is 1890. The van der Waals surface area contributed by atoms with Gasteiger partial charge in [-0.2, -0.15) is 5.10 Å². The summed E-state index contributed by atoms with van der Waals surface area (Å²) in [6.07, 6.45) is 3.77. The topological polar surface area (TPSA) is 165 Å². The lowest BCUT2D eigenvalue weighted by Crippen LogP contribution is -2.16. The first kappa shape index (κ1) is 28.0. The van der Waals surface area contributed by atoms with E-state index in [2.05, 4.69) is 30.1 Å². The summed E-state index contributed by atoms with van der Waals surface area (Å²) >= 11 is 0. The molecule has 0 atom stereocenters. The van der Waals surface area contributed by atoms with Crippen LogP contribution in [0.2, 0.25) is 0 Å². The Kier molecular flexibility index (Phi) is 7.44. The predicted octanol–water partition coefficient (Wildman–Crippen LogP) is 4.07. The second-order valence-corrected chi connectivity index (χ2v) is 9.88. The van der Waals surface area contributed by atoms with E-state index in [1.165, 1.54) is 28.6 Å². The summed E-state index contributed by atoms with van der Waals surface area (Å²) in [5, 5.41) is 27.1. The molecule has 5 aromatic rings. The summed E-state index contributed by atoms with van der Waals surface area (Å²) in [4.78, 5) is 41.4. The summed E-state index contributed by atoms with van der Waals surface area (Å²) < 4.78 is 10.7. The van der Waals surface area contributed by atoms with Gasteiger partial charge in [-0.25, -0.2) is 29.2 Å². The van der Waals surface area contributed by atoms with Crippen LogP contribution in [0.3, 0.4) is 0 Å². The Morgan fingerprint density at radius 3 is 2.74 bits per heavy atom. The molecule has 3 heterocycles. The number of hydrogen-bond donors (Lipinski definition) is 2. The molecule has 42 heavy (non-hydrogen) atoms. The van der Waals surface area contributed by atoms with Crippen LogP contribution in [0.5, 0.6) is 11.5 Å². The largest absolute Gasteiger partial charge is 0.508 e. The van der Waals surface area contributed by atoms with Crippen molar-refractivity contribution in [3.63, 3.8) is 0 Å². The minimum Gasteiger partial charge on any atom is -0.508 e. The van der Waals surface area contributed by atoms with Crippen molar-refractivity contribution in [2.45, 2.75) is 33.2 Å². The molecule has 1 amide bonds. The van der Waals surface area contributed by atoms with Gasteiger partial charge >= 0.3 is 11.7 Å². The van der Waals surface area contributed by atoms with Gasteiger partial charge in [0.15, 0.2) is 17.3 Å². The molecule has 0 saturated carbocycles. The Morgan fingerprint density at radius 1 is 1.24 bits per heavy atom. The third-order valence-corrected chi connectivity index (χ3v) is 6.75. The maximum absolute atomic E-state index is 13.3. The van der Waals surface area contributed by atoms with E-state index in [0.717, 1.165) is 22.5 Å². The number of benzene rings is 2. The van der Waals surface area contributed by atoms with Crippen LogP contribution in [-0.2, 0) is 18.4 Å². The van der Waals surface area contributed by atoms with Crippen LogP contribution in [0.4, 0.5) is 5.82 Å². The number of carbonyl (C=O) groups is 2. The number of rotatable bonds is 9. The summed E-state index contributed by atoms with van der Waals surface area (Å²) in [5.41, 5.74) is 1.74. The summed E-state index contributed by atoms with van der Waals surface area (Å²) in [5.74, 6) is -0.941. The molecule has 0 spiro atoms. The maximum atomic E-state index is 13.3. The van der Waals surface area contributed by atoms with E-state index in [0.29, 0.717) is 17.7 Å². The fraction of sp³-hybridized carbons (Fsp3) is 0.250. The molecular weight excluding hydrogens is 542 g/mol. The molecular formula is C28H29N9O5. The maximum Gasteiger partial charge on any atom is 0.366 e. The zero-order valence-electron chi connectivity index (χ0n) is 23.6. The van der Waals surface area contributed by atoms with Gasteiger partial charge in [0.25, 0.3) is 0 Å². The number of H-pyrrole nitrogens is 1. The van der Waals surface area contributed by atoms with E-state index < -0.39 is 11.7 Å². The van der Waals surface area contributed by atoms with Gasteiger partial charge in [-0.05, 0) is 48.7 Å². The van der Waals surface area contributed by atoms with Crippen LogP contribution in [0, 0.1) is 0 Å². The number of aromatic hydroxyl groups is 1. The zero-order chi connectivity index (χ0) is 30.1. The lowest BCUT2D eigenvalue weighted by Gasteiger charge is -2.16. The van der Waals surface area contributed by atoms with Gasteiger partial charge in [0.2, 0.25) is 6.41 Å².